The molecule has 1 rings (SSSR count). The van der Waals surface area contributed by atoms with Crippen LogP contribution in [0.25, 0.3) is 0 Å². The average molecular weight is 283 g/mol. The van der Waals surface area contributed by atoms with Gasteiger partial charge in [-0.15, -0.1) is 0 Å². The van der Waals surface area contributed by atoms with Gasteiger partial charge in [0.05, 0.1) is 5.54 Å². The molecule has 0 radical (unpaired) electrons. The molecule has 0 aliphatic carbocycles. The number of hydrazine groups is 1. The normalized spacial score (nSPS) is 11.0. The molecule has 0 saturated heterocycles. The molecule has 104 valence electrons. The molecule has 0 bridgehead atoms. The first-order valence-electron chi connectivity index (χ1n) is 6.15. The first-order chi connectivity index (χ1) is 8.75. The number of hydrogen-bond acceptors (Lipinski definition) is 2. The summed E-state index contributed by atoms with van der Waals surface area (Å²) in [6.45, 7) is 7.31. The van der Waals surface area contributed by atoms with Crippen LogP contribution in [0.1, 0.15) is 44.5 Å². The molecule has 0 aromatic heterocycles. The number of carbonyl (C=O) groups is 2. The lowest BCUT2D eigenvalue weighted by Crippen LogP contribution is -2.55. The van der Waals surface area contributed by atoms with E-state index in [4.69, 9.17) is 11.6 Å². The molecule has 0 saturated carbocycles. The van der Waals surface area contributed by atoms with E-state index in [2.05, 4.69) is 5.43 Å². The van der Waals surface area contributed by atoms with Gasteiger partial charge in [0.25, 0.3) is 5.91 Å². The van der Waals surface area contributed by atoms with Crippen LogP contribution < -0.4 is 5.43 Å². The summed E-state index contributed by atoms with van der Waals surface area (Å²) < 4.78 is 0. The summed E-state index contributed by atoms with van der Waals surface area (Å²) in [5.74, 6) is -0.455. The van der Waals surface area contributed by atoms with Gasteiger partial charge in [0.15, 0.2) is 0 Å². The van der Waals surface area contributed by atoms with Crippen molar-refractivity contribution in [2.45, 2.75) is 39.7 Å². The molecule has 1 aromatic rings. The Balaban J connectivity index is 3.01. The van der Waals surface area contributed by atoms with E-state index >= 15 is 0 Å². The zero-order chi connectivity index (χ0) is 14.6. The van der Waals surface area contributed by atoms with Crippen molar-refractivity contribution >= 4 is 23.4 Å². The standard InChI is InChI=1S/C14H19ClN2O2/c1-5-12(18)16-17(14(2,3)4)13(19)10-6-8-11(15)9-7-10/h6-9H,5H2,1-4H3,(H,16,18). The fourth-order valence-corrected chi connectivity index (χ4v) is 1.57. The summed E-state index contributed by atoms with van der Waals surface area (Å²) in [6, 6.07) is 6.58. The highest BCUT2D eigenvalue weighted by atomic mass is 35.5. The second-order valence-corrected chi connectivity index (χ2v) is 5.64. The number of nitrogens with zero attached hydrogens (tertiary/aromatic N) is 1. The molecular formula is C14H19ClN2O2. The molecule has 0 unspecified atom stereocenters. The highest BCUT2D eigenvalue weighted by Gasteiger charge is 2.28. The number of hydrogen-bond donors (Lipinski definition) is 1. The Morgan fingerprint density at radius 3 is 2.16 bits per heavy atom. The summed E-state index contributed by atoms with van der Waals surface area (Å²) in [7, 11) is 0. The third-order valence-corrected chi connectivity index (χ3v) is 2.77. The molecule has 0 fully saturated rings. The van der Waals surface area contributed by atoms with E-state index in [0.29, 0.717) is 17.0 Å². The Hall–Kier alpha value is -1.55. The monoisotopic (exact) mass is 282 g/mol. The van der Waals surface area contributed by atoms with E-state index in [1.807, 2.05) is 20.8 Å². The Morgan fingerprint density at radius 1 is 1.21 bits per heavy atom. The van der Waals surface area contributed by atoms with Crippen LogP contribution in [0.4, 0.5) is 0 Å². The first kappa shape index (κ1) is 15.5. The van der Waals surface area contributed by atoms with Gasteiger partial charge in [0.2, 0.25) is 5.91 Å². The fourth-order valence-electron chi connectivity index (χ4n) is 1.45. The molecule has 4 nitrogen and oxygen atoms in total. The maximum Gasteiger partial charge on any atom is 0.272 e. The van der Waals surface area contributed by atoms with Crippen LogP contribution >= 0.6 is 11.6 Å². The third-order valence-electron chi connectivity index (χ3n) is 2.52. The van der Waals surface area contributed by atoms with Crippen LogP contribution in [-0.2, 0) is 4.79 Å². The maximum atomic E-state index is 12.4. The van der Waals surface area contributed by atoms with E-state index in [0.717, 1.165) is 0 Å². The summed E-state index contributed by atoms with van der Waals surface area (Å²) in [6.07, 6.45) is 0.320. The predicted molar refractivity (Wildman–Crippen MR) is 75.8 cm³/mol. The van der Waals surface area contributed by atoms with Crippen LogP contribution in [-0.4, -0.2) is 22.4 Å². The van der Waals surface area contributed by atoms with E-state index in [9.17, 15) is 9.59 Å². The largest absolute Gasteiger partial charge is 0.273 e. The molecule has 0 heterocycles. The Bertz CT molecular complexity index is 463. The minimum absolute atomic E-state index is 0.197. The maximum absolute atomic E-state index is 12.4. The molecule has 19 heavy (non-hydrogen) atoms. The highest BCUT2D eigenvalue weighted by Crippen LogP contribution is 2.17. The number of rotatable bonds is 2. The number of benzene rings is 1. The van der Waals surface area contributed by atoms with Gasteiger partial charge in [0, 0.05) is 17.0 Å². The molecular weight excluding hydrogens is 264 g/mol. The molecule has 5 heteroatoms. The van der Waals surface area contributed by atoms with Crippen LogP contribution in [0.5, 0.6) is 0 Å². The number of nitrogens with one attached hydrogen (secondary N) is 1. The van der Waals surface area contributed by atoms with Crippen molar-refractivity contribution in [3.05, 3.63) is 34.9 Å². The van der Waals surface area contributed by atoms with Crippen molar-refractivity contribution in [1.82, 2.24) is 10.4 Å². The van der Waals surface area contributed by atoms with Crippen molar-refractivity contribution in [2.75, 3.05) is 0 Å². The van der Waals surface area contributed by atoms with Gasteiger partial charge >= 0.3 is 0 Å². The predicted octanol–water partition coefficient (Wildman–Crippen LogP) is 3.02. The quantitative estimate of drug-likeness (QED) is 0.848. The van der Waals surface area contributed by atoms with Gasteiger partial charge in [-0.1, -0.05) is 18.5 Å². The van der Waals surface area contributed by atoms with Crippen molar-refractivity contribution in [3.63, 3.8) is 0 Å². The van der Waals surface area contributed by atoms with Gasteiger partial charge in [-0.2, -0.15) is 0 Å². The lowest BCUT2D eigenvalue weighted by atomic mass is 10.1. The molecule has 0 atom stereocenters. The fraction of sp³-hybridized carbons (Fsp3) is 0.429. The molecule has 1 aromatic carbocycles. The molecule has 2 amide bonds. The number of amides is 2. The molecule has 0 aliphatic heterocycles. The number of halogens is 1. The zero-order valence-corrected chi connectivity index (χ0v) is 12.4. The minimum atomic E-state index is -0.512. The molecule has 0 spiro atoms. The summed E-state index contributed by atoms with van der Waals surface area (Å²) in [4.78, 5) is 24.0. The van der Waals surface area contributed by atoms with Crippen LogP contribution in [0, 0.1) is 0 Å². The van der Waals surface area contributed by atoms with Crippen LogP contribution in [0.2, 0.25) is 5.02 Å². The van der Waals surface area contributed by atoms with E-state index < -0.39 is 5.54 Å². The van der Waals surface area contributed by atoms with Crippen molar-refractivity contribution < 1.29 is 9.59 Å². The van der Waals surface area contributed by atoms with Gasteiger partial charge in [-0.3, -0.25) is 15.0 Å². The van der Waals surface area contributed by atoms with E-state index in [1.165, 1.54) is 5.01 Å². The van der Waals surface area contributed by atoms with Crippen LogP contribution in [0.3, 0.4) is 0 Å². The van der Waals surface area contributed by atoms with Gasteiger partial charge in [0.1, 0.15) is 0 Å². The highest BCUT2D eigenvalue weighted by molar-refractivity contribution is 6.30. The average Bonchev–Trinajstić information content (AvgIpc) is 2.34. The topological polar surface area (TPSA) is 49.4 Å². The van der Waals surface area contributed by atoms with Crippen molar-refractivity contribution in [2.24, 2.45) is 0 Å². The first-order valence-corrected chi connectivity index (χ1v) is 6.53. The zero-order valence-electron chi connectivity index (χ0n) is 11.7. The second-order valence-electron chi connectivity index (χ2n) is 5.21. The molecule has 1 N–H and O–H groups in total. The summed E-state index contributed by atoms with van der Waals surface area (Å²) >= 11 is 5.80. The third kappa shape index (κ3) is 4.24. The summed E-state index contributed by atoms with van der Waals surface area (Å²) in [5.41, 5.74) is 2.60. The number of carbonyl (C=O) groups excluding carboxylic acids is 2. The van der Waals surface area contributed by atoms with E-state index in [1.54, 1.807) is 31.2 Å². The molecule has 0 aliphatic rings. The van der Waals surface area contributed by atoms with Crippen LogP contribution in [0.15, 0.2) is 24.3 Å². The van der Waals surface area contributed by atoms with Crippen molar-refractivity contribution in [3.8, 4) is 0 Å². The minimum Gasteiger partial charge on any atom is -0.273 e. The van der Waals surface area contributed by atoms with Gasteiger partial charge < -0.3 is 0 Å². The second kappa shape index (κ2) is 6.06. The Kier molecular flexibility index (Phi) is 4.95. The Labute approximate surface area is 118 Å². The van der Waals surface area contributed by atoms with Gasteiger partial charge in [-0.05, 0) is 45.0 Å². The summed E-state index contributed by atoms with van der Waals surface area (Å²) in [5, 5.41) is 1.92. The smallest absolute Gasteiger partial charge is 0.272 e. The Morgan fingerprint density at radius 2 is 1.74 bits per heavy atom. The van der Waals surface area contributed by atoms with E-state index in [-0.39, 0.29) is 11.8 Å². The SMILES string of the molecule is CCC(=O)NN(C(=O)c1ccc(Cl)cc1)C(C)(C)C. The lowest BCUT2D eigenvalue weighted by molar-refractivity contribution is -0.126. The van der Waals surface area contributed by atoms with Crippen molar-refractivity contribution in [1.29, 1.82) is 0 Å². The van der Waals surface area contributed by atoms with Gasteiger partial charge in [-0.25, -0.2) is 5.01 Å². The lowest BCUT2D eigenvalue weighted by Gasteiger charge is -2.35.